The number of nitrogens with one attached hydrogen (secondary N) is 1. The van der Waals surface area contributed by atoms with Crippen LogP contribution in [-0.4, -0.2) is 20.0 Å². The summed E-state index contributed by atoms with van der Waals surface area (Å²) in [6.07, 6.45) is 3.62. The molecule has 0 aliphatic heterocycles. The van der Waals surface area contributed by atoms with Crippen molar-refractivity contribution in [1.29, 1.82) is 0 Å². The Hall–Kier alpha value is -1.60. The van der Waals surface area contributed by atoms with Gasteiger partial charge in [-0.2, -0.15) is 0 Å². The second kappa shape index (κ2) is 7.79. The first-order valence-electron chi connectivity index (χ1n) is 7.30. The highest BCUT2D eigenvalue weighted by molar-refractivity contribution is 9.10. The van der Waals surface area contributed by atoms with Crippen LogP contribution in [-0.2, 0) is 10.0 Å². The number of nitrogens with zero attached hydrogens (tertiary/aromatic N) is 1. The third kappa shape index (κ3) is 4.94. The first-order chi connectivity index (χ1) is 10.9. The number of hydrogen-bond donors (Lipinski definition) is 1. The van der Waals surface area contributed by atoms with E-state index in [9.17, 15) is 8.42 Å². The molecule has 1 heterocycles. The standard InChI is InChI=1S/C16H19BrN2O3S/c1-3-4-9-22-13-5-7-14(8-6-13)23(20,21)19-16-15(17)10-12(2)11-18-16/h5-8,10-11H,3-4,9H2,1-2H3,(H,18,19). The van der Waals surface area contributed by atoms with E-state index in [0.29, 0.717) is 16.8 Å². The molecule has 0 unspecified atom stereocenters. The zero-order chi connectivity index (χ0) is 16.9. The molecule has 1 aromatic heterocycles. The molecule has 7 heteroatoms. The van der Waals surface area contributed by atoms with Crippen LogP contribution in [0, 0.1) is 6.92 Å². The van der Waals surface area contributed by atoms with Gasteiger partial charge in [0.25, 0.3) is 10.0 Å². The van der Waals surface area contributed by atoms with Gasteiger partial charge in [-0.05, 0) is 65.2 Å². The molecule has 0 spiro atoms. The fraction of sp³-hybridized carbons (Fsp3) is 0.312. The van der Waals surface area contributed by atoms with Gasteiger partial charge in [0, 0.05) is 6.20 Å². The third-order valence-corrected chi connectivity index (χ3v) is 5.07. The van der Waals surface area contributed by atoms with Crippen molar-refractivity contribution in [2.45, 2.75) is 31.6 Å². The Bertz CT molecular complexity index is 761. The number of rotatable bonds is 7. The molecule has 0 aliphatic rings. The number of benzene rings is 1. The van der Waals surface area contributed by atoms with Crippen LogP contribution in [0.3, 0.4) is 0 Å². The number of anilines is 1. The second-order valence-corrected chi connectivity index (χ2v) is 7.66. The minimum Gasteiger partial charge on any atom is -0.494 e. The van der Waals surface area contributed by atoms with Gasteiger partial charge in [0.05, 0.1) is 16.0 Å². The SMILES string of the molecule is CCCCOc1ccc(S(=O)(=O)Nc2ncc(C)cc2Br)cc1. The number of hydrogen-bond acceptors (Lipinski definition) is 4. The van der Waals surface area contributed by atoms with Gasteiger partial charge in [-0.25, -0.2) is 13.4 Å². The lowest BCUT2D eigenvalue weighted by atomic mass is 10.3. The molecule has 0 radical (unpaired) electrons. The Balaban J connectivity index is 2.13. The van der Waals surface area contributed by atoms with Crippen LogP contribution in [0.2, 0.25) is 0 Å². The molecule has 0 saturated heterocycles. The molecule has 0 amide bonds. The Kier molecular flexibility index (Phi) is 6.01. The molecule has 0 aliphatic carbocycles. The average molecular weight is 399 g/mol. The molecule has 5 nitrogen and oxygen atoms in total. The normalized spacial score (nSPS) is 11.3. The van der Waals surface area contributed by atoms with E-state index in [1.807, 2.05) is 6.92 Å². The summed E-state index contributed by atoms with van der Waals surface area (Å²) in [5.74, 6) is 0.922. The maximum absolute atomic E-state index is 12.4. The number of unbranched alkanes of at least 4 members (excludes halogenated alkanes) is 1. The summed E-state index contributed by atoms with van der Waals surface area (Å²) in [5, 5.41) is 0. The van der Waals surface area contributed by atoms with Crippen LogP contribution in [0.4, 0.5) is 5.82 Å². The van der Waals surface area contributed by atoms with Crippen molar-refractivity contribution in [2.24, 2.45) is 0 Å². The fourth-order valence-corrected chi connectivity index (χ4v) is 3.57. The van der Waals surface area contributed by atoms with Crippen LogP contribution >= 0.6 is 15.9 Å². The van der Waals surface area contributed by atoms with Crippen LogP contribution in [0.1, 0.15) is 25.3 Å². The summed E-state index contributed by atoms with van der Waals surface area (Å²) in [6.45, 7) is 4.59. The van der Waals surface area contributed by atoms with Gasteiger partial charge in [0.2, 0.25) is 0 Å². The molecule has 0 saturated carbocycles. The number of ether oxygens (including phenoxy) is 1. The highest BCUT2D eigenvalue weighted by Gasteiger charge is 2.16. The molecule has 1 aromatic carbocycles. The molecule has 2 rings (SSSR count). The Morgan fingerprint density at radius 3 is 2.57 bits per heavy atom. The predicted molar refractivity (Wildman–Crippen MR) is 94.3 cm³/mol. The number of sulfonamides is 1. The fourth-order valence-electron chi connectivity index (χ4n) is 1.84. The number of pyridine rings is 1. The summed E-state index contributed by atoms with van der Waals surface area (Å²) in [5.41, 5.74) is 0.938. The second-order valence-electron chi connectivity index (χ2n) is 5.12. The van der Waals surface area contributed by atoms with Gasteiger partial charge in [-0.3, -0.25) is 4.72 Å². The molecular weight excluding hydrogens is 380 g/mol. The van der Waals surface area contributed by atoms with E-state index >= 15 is 0 Å². The van der Waals surface area contributed by atoms with Gasteiger partial charge in [-0.1, -0.05) is 13.3 Å². The monoisotopic (exact) mass is 398 g/mol. The van der Waals surface area contributed by atoms with Crippen LogP contribution < -0.4 is 9.46 Å². The number of aryl methyl sites for hydroxylation is 1. The maximum Gasteiger partial charge on any atom is 0.263 e. The van der Waals surface area contributed by atoms with Crippen LogP contribution in [0.25, 0.3) is 0 Å². The van der Waals surface area contributed by atoms with Crippen LogP contribution in [0.15, 0.2) is 45.9 Å². The summed E-state index contributed by atoms with van der Waals surface area (Å²) in [7, 11) is -3.69. The zero-order valence-corrected chi connectivity index (χ0v) is 15.4. The lowest BCUT2D eigenvalue weighted by Gasteiger charge is -2.10. The molecular formula is C16H19BrN2O3S. The first kappa shape index (κ1) is 17.7. The summed E-state index contributed by atoms with van der Waals surface area (Å²) < 4.78 is 33.4. The lowest BCUT2D eigenvalue weighted by molar-refractivity contribution is 0.309. The highest BCUT2D eigenvalue weighted by Crippen LogP contribution is 2.24. The predicted octanol–water partition coefficient (Wildman–Crippen LogP) is 4.13. The van der Waals surface area contributed by atoms with Gasteiger partial charge < -0.3 is 4.74 Å². The summed E-state index contributed by atoms with van der Waals surface area (Å²) >= 11 is 3.31. The number of aromatic nitrogens is 1. The minimum atomic E-state index is -3.69. The highest BCUT2D eigenvalue weighted by atomic mass is 79.9. The Morgan fingerprint density at radius 1 is 1.26 bits per heavy atom. The van der Waals surface area contributed by atoms with E-state index in [0.717, 1.165) is 18.4 Å². The minimum absolute atomic E-state index is 0.162. The van der Waals surface area contributed by atoms with E-state index in [4.69, 9.17) is 4.74 Å². The van der Waals surface area contributed by atoms with Gasteiger partial charge in [-0.15, -0.1) is 0 Å². The summed E-state index contributed by atoms with van der Waals surface area (Å²) in [4.78, 5) is 4.26. The van der Waals surface area contributed by atoms with Crippen molar-refractivity contribution >= 4 is 31.8 Å². The largest absolute Gasteiger partial charge is 0.494 e. The van der Waals surface area contributed by atoms with Gasteiger partial charge >= 0.3 is 0 Å². The van der Waals surface area contributed by atoms with Crippen molar-refractivity contribution in [3.8, 4) is 5.75 Å². The lowest BCUT2D eigenvalue weighted by Crippen LogP contribution is -2.14. The summed E-state index contributed by atoms with van der Waals surface area (Å²) in [6, 6.07) is 8.15. The Labute approximate surface area is 145 Å². The van der Waals surface area contributed by atoms with Crippen molar-refractivity contribution < 1.29 is 13.2 Å². The van der Waals surface area contributed by atoms with E-state index in [-0.39, 0.29) is 10.7 Å². The molecule has 1 N–H and O–H groups in total. The molecule has 23 heavy (non-hydrogen) atoms. The Morgan fingerprint density at radius 2 is 1.96 bits per heavy atom. The van der Waals surface area contributed by atoms with E-state index < -0.39 is 10.0 Å². The zero-order valence-electron chi connectivity index (χ0n) is 13.0. The van der Waals surface area contributed by atoms with Gasteiger partial charge in [0.15, 0.2) is 5.82 Å². The third-order valence-electron chi connectivity index (χ3n) is 3.11. The smallest absolute Gasteiger partial charge is 0.263 e. The quantitative estimate of drug-likeness (QED) is 0.711. The molecule has 0 bridgehead atoms. The van der Waals surface area contributed by atoms with Crippen molar-refractivity contribution in [3.05, 3.63) is 46.6 Å². The first-order valence-corrected chi connectivity index (χ1v) is 9.58. The molecule has 0 atom stereocenters. The molecule has 124 valence electrons. The van der Waals surface area contributed by atoms with E-state index in [1.54, 1.807) is 24.4 Å². The van der Waals surface area contributed by atoms with Crippen molar-refractivity contribution in [3.63, 3.8) is 0 Å². The van der Waals surface area contributed by atoms with Crippen molar-refractivity contribution in [1.82, 2.24) is 4.98 Å². The van der Waals surface area contributed by atoms with E-state index in [2.05, 4.69) is 32.6 Å². The number of halogens is 1. The molecule has 2 aromatic rings. The maximum atomic E-state index is 12.4. The topological polar surface area (TPSA) is 68.3 Å². The van der Waals surface area contributed by atoms with Crippen molar-refractivity contribution in [2.75, 3.05) is 11.3 Å². The van der Waals surface area contributed by atoms with Gasteiger partial charge in [0.1, 0.15) is 5.75 Å². The average Bonchev–Trinajstić information content (AvgIpc) is 2.51. The van der Waals surface area contributed by atoms with Crippen LogP contribution in [0.5, 0.6) is 5.75 Å². The molecule has 0 fully saturated rings. The van der Waals surface area contributed by atoms with E-state index in [1.165, 1.54) is 12.1 Å².